The second-order valence-corrected chi connectivity index (χ2v) is 4.89. The summed E-state index contributed by atoms with van der Waals surface area (Å²) in [5.41, 5.74) is 1.77. The number of Topliss-reactive ketones (excluding diaryl/α,β-unsaturated/α-hetero) is 1. The zero-order valence-corrected chi connectivity index (χ0v) is 11.5. The molecule has 1 heterocycles. The summed E-state index contributed by atoms with van der Waals surface area (Å²) in [5.74, 6) is 1.39. The van der Waals surface area contributed by atoms with E-state index < -0.39 is 0 Å². The quantitative estimate of drug-likeness (QED) is 0.853. The van der Waals surface area contributed by atoms with E-state index in [4.69, 9.17) is 9.47 Å². The molecule has 1 aliphatic carbocycles. The summed E-state index contributed by atoms with van der Waals surface area (Å²) in [6, 6.07) is 3.68. The molecule has 0 aliphatic heterocycles. The molecule has 0 fully saturated rings. The predicted molar refractivity (Wildman–Crippen MR) is 73.3 cm³/mol. The average Bonchev–Trinajstić information content (AvgIpc) is 3.07. The molecule has 1 aliphatic rings. The number of benzene rings is 1. The third kappa shape index (κ3) is 2.05. The number of aromatic nitrogens is 2. The molecule has 20 heavy (non-hydrogen) atoms. The van der Waals surface area contributed by atoms with E-state index in [1.807, 2.05) is 16.8 Å². The number of ether oxygens (including phenoxy) is 2. The van der Waals surface area contributed by atoms with E-state index in [2.05, 4.69) is 4.98 Å². The molecule has 3 rings (SSSR count). The molecule has 1 aromatic carbocycles. The SMILES string of the molecule is COc1cc2c(cc1OC)C(=O)C(Cn1ccnc1)C2. The maximum Gasteiger partial charge on any atom is 0.168 e. The lowest BCUT2D eigenvalue weighted by Crippen LogP contribution is -2.15. The Morgan fingerprint density at radius 3 is 2.70 bits per heavy atom. The summed E-state index contributed by atoms with van der Waals surface area (Å²) in [6.45, 7) is 0.651. The Balaban J connectivity index is 1.90. The van der Waals surface area contributed by atoms with E-state index in [0.29, 0.717) is 18.0 Å². The van der Waals surface area contributed by atoms with Gasteiger partial charge in [0.25, 0.3) is 0 Å². The van der Waals surface area contributed by atoms with Crippen LogP contribution in [0.2, 0.25) is 0 Å². The summed E-state index contributed by atoms with van der Waals surface area (Å²) < 4.78 is 12.5. The molecular weight excluding hydrogens is 256 g/mol. The summed E-state index contributed by atoms with van der Waals surface area (Å²) >= 11 is 0. The number of nitrogens with zero attached hydrogens (tertiary/aromatic N) is 2. The number of hydrogen-bond donors (Lipinski definition) is 0. The molecule has 0 spiro atoms. The Morgan fingerprint density at radius 1 is 1.30 bits per heavy atom. The van der Waals surface area contributed by atoms with Crippen molar-refractivity contribution in [2.45, 2.75) is 13.0 Å². The normalized spacial score (nSPS) is 17.1. The van der Waals surface area contributed by atoms with Gasteiger partial charge in [-0.15, -0.1) is 0 Å². The minimum absolute atomic E-state index is 0.0454. The van der Waals surface area contributed by atoms with E-state index >= 15 is 0 Å². The van der Waals surface area contributed by atoms with Crippen LogP contribution in [0, 0.1) is 5.92 Å². The van der Waals surface area contributed by atoms with Gasteiger partial charge in [0, 0.05) is 30.4 Å². The van der Waals surface area contributed by atoms with Gasteiger partial charge in [0.2, 0.25) is 0 Å². The lowest BCUT2D eigenvalue weighted by Gasteiger charge is -2.09. The van der Waals surface area contributed by atoms with Crippen LogP contribution in [-0.2, 0) is 13.0 Å². The minimum Gasteiger partial charge on any atom is -0.493 e. The van der Waals surface area contributed by atoms with Crippen molar-refractivity contribution in [2.24, 2.45) is 5.92 Å². The molecule has 1 unspecified atom stereocenters. The van der Waals surface area contributed by atoms with Gasteiger partial charge in [0.1, 0.15) is 0 Å². The number of carbonyl (C=O) groups is 1. The first kappa shape index (κ1) is 12.7. The van der Waals surface area contributed by atoms with E-state index in [0.717, 1.165) is 17.5 Å². The minimum atomic E-state index is -0.0454. The maximum absolute atomic E-state index is 12.5. The van der Waals surface area contributed by atoms with Crippen LogP contribution in [0.15, 0.2) is 30.9 Å². The lowest BCUT2D eigenvalue weighted by molar-refractivity contribution is 0.0925. The first-order chi connectivity index (χ1) is 9.72. The Morgan fingerprint density at radius 2 is 2.05 bits per heavy atom. The van der Waals surface area contributed by atoms with E-state index in [-0.39, 0.29) is 11.7 Å². The van der Waals surface area contributed by atoms with Gasteiger partial charge in [-0.2, -0.15) is 0 Å². The number of fused-ring (bicyclic) bond motifs is 1. The highest BCUT2D eigenvalue weighted by Crippen LogP contribution is 2.37. The van der Waals surface area contributed by atoms with Crippen LogP contribution >= 0.6 is 0 Å². The first-order valence-corrected chi connectivity index (χ1v) is 6.47. The van der Waals surface area contributed by atoms with Crippen molar-refractivity contribution in [2.75, 3.05) is 14.2 Å². The zero-order valence-electron chi connectivity index (χ0n) is 11.5. The third-order valence-electron chi connectivity index (χ3n) is 3.70. The van der Waals surface area contributed by atoms with Crippen LogP contribution in [-0.4, -0.2) is 29.6 Å². The van der Waals surface area contributed by atoms with Crippen LogP contribution in [0.25, 0.3) is 0 Å². The molecule has 104 valence electrons. The fraction of sp³-hybridized carbons (Fsp3) is 0.333. The van der Waals surface area contributed by atoms with Gasteiger partial charge < -0.3 is 14.0 Å². The number of methoxy groups -OCH3 is 2. The number of imidazole rings is 1. The number of ketones is 1. The number of hydrogen-bond acceptors (Lipinski definition) is 4. The van der Waals surface area contributed by atoms with Crippen molar-refractivity contribution < 1.29 is 14.3 Å². The van der Waals surface area contributed by atoms with Crippen LogP contribution in [0.1, 0.15) is 15.9 Å². The molecule has 1 atom stereocenters. The van der Waals surface area contributed by atoms with Crippen LogP contribution in [0.3, 0.4) is 0 Å². The smallest absolute Gasteiger partial charge is 0.168 e. The van der Waals surface area contributed by atoms with Gasteiger partial charge >= 0.3 is 0 Å². The molecule has 0 N–H and O–H groups in total. The standard InChI is InChI=1S/C15H16N2O3/c1-19-13-6-10-5-11(8-17-4-3-16-9-17)15(18)12(10)7-14(13)20-2/h3-4,6-7,9,11H,5,8H2,1-2H3. The predicted octanol–water partition coefficient (Wildman–Crippen LogP) is 1.96. The second-order valence-electron chi connectivity index (χ2n) is 4.89. The molecule has 0 radical (unpaired) electrons. The molecule has 0 saturated heterocycles. The Kier molecular flexibility index (Phi) is 3.18. The summed E-state index contributed by atoms with van der Waals surface area (Å²) in [4.78, 5) is 16.5. The van der Waals surface area contributed by atoms with Gasteiger partial charge in [0.05, 0.1) is 20.5 Å². The van der Waals surface area contributed by atoms with Gasteiger partial charge in [0.15, 0.2) is 17.3 Å². The molecule has 2 aromatic rings. The van der Waals surface area contributed by atoms with Crippen LogP contribution < -0.4 is 9.47 Å². The molecule has 5 heteroatoms. The lowest BCUT2D eigenvalue weighted by atomic mass is 10.1. The maximum atomic E-state index is 12.5. The molecule has 5 nitrogen and oxygen atoms in total. The van der Waals surface area contributed by atoms with Crippen molar-refractivity contribution in [3.05, 3.63) is 42.0 Å². The summed E-state index contributed by atoms with van der Waals surface area (Å²) in [6.07, 6.45) is 6.06. The average molecular weight is 272 g/mol. The molecule has 0 bridgehead atoms. The zero-order chi connectivity index (χ0) is 14.1. The highest BCUT2D eigenvalue weighted by molar-refractivity contribution is 6.02. The van der Waals surface area contributed by atoms with Gasteiger partial charge in [-0.1, -0.05) is 0 Å². The van der Waals surface area contributed by atoms with Crippen molar-refractivity contribution in [3.63, 3.8) is 0 Å². The number of carbonyl (C=O) groups excluding carboxylic acids is 1. The Bertz CT molecular complexity index is 635. The molecule has 1 aromatic heterocycles. The van der Waals surface area contributed by atoms with Gasteiger partial charge in [-0.05, 0) is 24.1 Å². The van der Waals surface area contributed by atoms with E-state index in [1.54, 1.807) is 32.8 Å². The van der Waals surface area contributed by atoms with Crippen molar-refractivity contribution in [1.82, 2.24) is 9.55 Å². The monoisotopic (exact) mass is 272 g/mol. The largest absolute Gasteiger partial charge is 0.493 e. The topological polar surface area (TPSA) is 53.4 Å². The second kappa shape index (κ2) is 5.00. The molecular formula is C15H16N2O3. The fourth-order valence-corrected chi connectivity index (χ4v) is 2.69. The Hall–Kier alpha value is -2.30. The van der Waals surface area contributed by atoms with Crippen LogP contribution in [0.4, 0.5) is 0 Å². The van der Waals surface area contributed by atoms with Gasteiger partial charge in [-0.25, -0.2) is 4.98 Å². The number of rotatable bonds is 4. The van der Waals surface area contributed by atoms with Crippen molar-refractivity contribution in [3.8, 4) is 11.5 Å². The van der Waals surface area contributed by atoms with Gasteiger partial charge in [-0.3, -0.25) is 4.79 Å². The van der Waals surface area contributed by atoms with E-state index in [9.17, 15) is 4.79 Å². The highest BCUT2D eigenvalue weighted by atomic mass is 16.5. The third-order valence-corrected chi connectivity index (χ3v) is 3.70. The Labute approximate surface area is 117 Å². The highest BCUT2D eigenvalue weighted by Gasteiger charge is 2.32. The van der Waals surface area contributed by atoms with Crippen molar-refractivity contribution >= 4 is 5.78 Å². The van der Waals surface area contributed by atoms with E-state index in [1.165, 1.54) is 0 Å². The first-order valence-electron chi connectivity index (χ1n) is 6.47. The fourth-order valence-electron chi connectivity index (χ4n) is 2.69. The molecule has 0 saturated carbocycles. The van der Waals surface area contributed by atoms with Crippen LogP contribution in [0.5, 0.6) is 11.5 Å². The summed E-state index contributed by atoms with van der Waals surface area (Å²) in [7, 11) is 3.18. The molecule has 0 amide bonds. The summed E-state index contributed by atoms with van der Waals surface area (Å²) in [5, 5.41) is 0. The van der Waals surface area contributed by atoms with Crippen molar-refractivity contribution in [1.29, 1.82) is 0 Å².